The van der Waals surface area contributed by atoms with Gasteiger partial charge in [-0.1, -0.05) is 34.6 Å². The van der Waals surface area contributed by atoms with Crippen molar-refractivity contribution in [2.75, 3.05) is 7.11 Å². The fraction of sp³-hybridized carbons (Fsp3) is 0.933. The summed E-state index contributed by atoms with van der Waals surface area (Å²) in [5.41, 5.74) is 0.179. The SMILES string of the molecule is CC[Si](CC)(CC)O[C@@H]1CC(C)(C)C[C@H]1C(=O)OC. The van der Waals surface area contributed by atoms with Crippen LogP contribution in [0.2, 0.25) is 18.1 Å². The van der Waals surface area contributed by atoms with Crippen LogP contribution in [0.3, 0.4) is 0 Å². The van der Waals surface area contributed by atoms with Crippen LogP contribution in [0.5, 0.6) is 0 Å². The molecule has 0 aromatic carbocycles. The van der Waals surface area contributed by atoms with Crippen LogP contribution in [-0.2, 0) is 14.0 Å². The summed E-state index contributed by atoms with van der Waals surface area (Å²) in [6, 6.07) is 3.39. The molecule has 0 unspecified atom stereocenters. The van der Waals surface area contributed by atoms with Crippen molar-refractivity contribution in [3.05, 3.63) is 0 Å². The third-order valence-corrected chi connectivity index (χ3v) is 9.48. The van der Waals surface area contributed by atoms with Gasteiger partial charge in [-0.05, 0) is 36.4 Å². The van der Waals surface area contributed by atoms with Crippen LogP contribution in [0.1, 0.15) is 47.5 Å². The van der Waals surface area contributed by atoms with Crippen molar-refractivity contribution in [2.45, 2.75) is 71.7 Å². The highest BCUT2D eigenvalue weighted by atomic mass is 28.4. The summed E-state index contributed by atoms with van der Waals surface area (Å²) in [6.07, 6.45) is 1.92. The lowest BCUT2D eigenvalue weighted by molar-refractivity contribution is -0.148. The van der Waals surface area contributed by atoms with Gasteiger partial charge in [0.2, 0.25) is 0 Å². The first-order chi connectivity index (χ1) is 8.83. The number of carbonyl (C=O) groups is 1. The zero-order chi connectivity index (χ0) is 14.7. The molecule has 0 aromatic rings. The van der Waals surface area contributed by atoms with Gasteiger partial charge >= 0.3 is 5.97 Å². The van der Waals surface area contributed by atoms with Crippen LogP contribution in [0.15, 0.2) is 0 Å². The molecule has 0 N–H and O–H groups in total. The second kappa shape index (κ2) is 6.40. The Morgan fingerprint density at radius 1 is 1.16 bits per heavy atom. The predicted octanol–water partition coefficient (Wildman–Crippen LogP) is 3.99. The van der Waals surface area contributed by atoms with Gasteiger partial charge in [0.1, 0.15) is 0 Å². The Hall–Kier alpha value is -0.353. The van der Waals surface area contributed by atoms with Crippen LogP contribution in [0.25, 0.3) is 0 Å². The van der Waals surface area contributed by atoms with E-state index in [0.717, 1.165) is 31.0 Å². The highest BCUT2D eigenvalue weighted by Crippen LogP contribution is 2.45. The Bertz CT molecular complexity index is 302. The fourth-order valence-electron chi connectivity index (χ4n) is 3.33. The van der Waals surface area contributed by atoms with Gasteiger partial charge in [-0.15, -0.1) is 0 Å². The third-order valence-electron chi connectivity index (χ3n) is 4.81. The maximum absolute atomic E-state index is 12.0. The van der Waals surface area contributed by atoms with Gasteiger partial charge in [0.05, 0.1) is 19.1 Å². The maximum Gasteiger partial charge on any atom is 0.311 e. The van der Waals surface area contributed by atoms with Crippen molar-refractivity contribution in [3.8, 4) is 0 Å². The molecule has 19 heavy (non-hydrogen) atoms. The number of hydrogen-bond acceptors (Lipinski definition) is 3. The monoisotopic (exact) mass is 286 g/mol. The normalized spacial score (nSPS) is 26.4. The van der Waals surface area contributed by atoms with E-state index in [-0.39, 0.29) is 23.4 Å². The van der Waals surface area contributed by atoms with Crippen LogP contribution in [0, 0.1) is 11.3 Å². The summed E-state index contributed by atoms with van der Waals surface area (Å²) in [5.74, 6) is -0.168. The Labute approximate surface area is 119 Å². The lowest BCUT2D eigenvalue weighted by Gasteiger charge is -2.33. The van der Waals surface area contributed by atoms with E-state index in [2.05, 4.69) is 34.6 Å². The van der Waals surface area contributed by atoms with Gasteiger partial charge < -0.3 is 9.16 Å². The average Bonchev–Trinajstić information content (AvgIpc) is 2.70. The van der Waals surface area contributed by atoms with E-state index in [1.807, 2.05) is 0 Å². The van der Waals surface area contributed by atoms with Crippen molar-refractivity contribution < 1.29 is 14.0 Å². The van der Waals surface area contributed by atoms with Crippen molar-refractivity contribution in [1.82, 2.24) is 0 Å². The molecule has 0 aliphatic heterocycles. The van der Waals surface area contributed by atoms with Gasteiger partial charge in [-0.25, -0.2) is 0 Å². The quantitative estimate of drug-likeness (QED) is 0.547. The first kappa shape index (κ1) is 16.7. The molecule has 1 saturated carbocycles. The smallest absolute Gasteiger partial charge is 0.311 e. The minimum atomic E-state index is -1.65. The summed E-state index contributed by atoms with van der Waals surface area (Å²) in [4.78, 5) is 12.0. The molecule has 0 radical (unpaired) electrons. The summed E-state index contributed by atoms with van der Waals surface area (Å²) in [5, 5.41) is 0. The van der Waals surface area contributed by atoms with Crippen molar-refractivity contribution >= 4 is 14.3 Å². The Balaban J connectivity index is 2.87. The third kappa shape index (κ3) is 3.82. The van der Waals surface area contributed by atoms with E-state index in [9.17, 15) is 4.79 Å². The molecule has 0 spiro atoms. The van der Waals surface area contributed by atoms with E-state index in [1.165, 1.54) is 7.11 Å². The summed E-state index contributed by atoms with van der Waals surface area (Å²) in [7, 11) is -0.172. The summed E-state index contributed by atoms with van der Waals surface area (Å²) < 4.78 is 11.5. The van der Waals surface area contributed by atoms with Crippen LogP contribution in [0.4, 0.5) is 0 Å². The predicted molar refractivity (Wildman–Crippen MR) is 80.6 cm³/mol. The van der Waals surface area contributed by atoms with Crippen LogP contribution >= 0.6 is 0 Å². The molecule has 1 aliphatic carbocycles. The molecule has 1 aliphatic rings. The topological polar surface area (TPSA) is 35.5 Å². The molecule has 0 heterocycles. The number of hydrogen-bond donors (Lipinski definition) is 0. The summed E-state index contributed by atoms with van der Waals surface area (Å²) >= 11 is 0. The number of rotatable bonds is 6. The zero-order valence-corrected chi connectivity index (χ0v) is 14.4. The maximum atomic E-state index is 12.0. The van der Waals surface area contributed by atoms with Crippen molar-refractivity contribution in [1.29, 1.82) is 0 Å². The molecule has 1 fully saturated rings. The van der Waals surface area contributed by atoms with Crippen molar-refractivity contribution in [2.24, 2.45) is 11.3 Å². The minimum Gasteiger partial charge on any atom is -0.469 e. The van der Waals surface area contributed by atoms with Gasteiger partial charge in [0.15, 0.2) is 8.32 Å². The lowest BCUT2D eigenvalue weighted by Crippen LogP contribution is -2.42. The van der Waals surface area contributed by atoms with E-state index >= 15 is 0 Å². The number of carbonyl (C=O) groups excluding carboxylic acids is 1. The van der Waals surface area contributed by atoms with E-state index in [4.69, 9.17) is 9.16 Å². The van der Waals surface area contributed by atoms with Crippen LogP contribution in [-0.4, -0.2) is 27.5 Å². The van der Waals surface area contributed by atoms with Gasteiger partial charge in [-0.3, -0.25) is 4.79 Å². The highest BCUT2D eigenvalue weighted by Gasteiger charge is 2.47. The molecule has 1 rings (SSSR count). The fourth-order valence-corrected chi connectivity index (χ4v) is 6.22. The largest absolute Gasteiger partial charge is 0.469 e. The molecular formula is C15H30O3Si. The molecule has 0 bridgehead atoms. The molecule has 0 amide bonds. The van der Waals surface area contributed by atoms with Crippen molar-refractivity contribution in [3.63, 3.8) is 0 Å². The highest BCUT2D eigenvalue weighted by molar-refractivity contribution is 6.73. The molecule has 2 atom stereocenters. The first-order valence-electron chi connectivity index (χ1n) is 7.58. The molecule has 0 aromatic heterocycles. The average molecular weight is 286 g/mol. The molecule has 4 heteroatoms. The van der Waals surface area contributed by atoms with Gasteiger partial charge in [-0.2, -0.15) is 0 Å². The van der Waals surface area contributed by atoms with Gasteiger partial charge in [0, 0.05) is 0 Å². The van der Waals surface area contributed by atoms with Crippen LogP contribution < -0.4 is 0 Å². The first-order valence-corrected chi connectivity index (χ1v) is 10.1. The Morgan fingerprint density at radius 3 is 2.11 bits per heavy atom. The van der Waals surface area contributed by atoms with E-state index < -0.39 is 8.32 Å². The molecular weight excluding hydrogens is 256 g/mol. The number of esters is 1. The number of methoxy groups -OCH3 is 1. The Kier molecular flexibility index (Phi) is 5.62. The number of ether oxygens (including phenoxy) is 1. The van der Waals surface area contributed by atoms with E-state index in [1.54, 1.807) is 0 Å². The molecule has 112 valence electrons. The van der Waals surface area contributed by atoms with Gasteiger partial charge in [0.25, 0.3) is 0 Å². The Morgan fingerprint density at radius 2 is 1.68 bits per heavy atom. The zero-order valence-electron chi connectivity index (χ0n) is 13.4. The molecule has 3 nitrogen and oxygen atoms in total. The molecule has 0 saturated heterocycles. The standard InChI is InChI=1S/C15H30O3Si/c1-7-19(8-2,9-3)18-13-11-15(4,5)10-12(13)14(16)17-6/h12-13H,7-11H2,1-6H3/t12-,13-/m1/s1. The second-order valence-corrected chi connectivity index (χ2v) is 11.3. The van der Waals surface area contributed by atoms with E-state index in [0.29, 0.717) is 0 Å². The summed E-state index contributed by atoms with van der Waals surface area (Å²) in [6.45, 7) is 11.1. The second-order valence-electron chi connectivity index (χ2n) is 6.60. The lowest BCUT2D eigenvalue weighted by atomic mass is 9.91. The minimum absolute atomic E-state index is 0.0639.